The number of halogens is 3. The Morgan fingerprint density at radius 3 is 2.78 bits per heavy atom. The van der Waals surface area contributed by atoms with E-state index in [4.69, 9.17) is 22.1 Å². The molecule has 9 nitrogen and oxygen atoms in total. The number of rotatable bonds is 10. The maximum Gasteiger partial charge on any atom is 0.241 e. The minimum Gasteiger partial charge on any atom is -0.494 e. The van der Waals surface area contributed by atoms with E-state index in [-0.39, 0.29) is 53.1 Å². The molecule has 0 bridgehead atoms. The lowest BCUT2D eigenvalue weighted by Gasteiger charge is -2.12. The van der Waals surface area contributed by atoms with Crippen LogP contribution >= 0.6 is 11.6 Å². The van der Waals surface area contributed by atoms with Crippen molar-refractivity contribution < 1.29 is 18.3 Å². The molecule has 0 saturated carbocycles. The van der Waals surface area contributed by atoms with E-state index in [1.165, 1.54) is 31.8 Å². The van der Waals surface area contributed by atoms with Crippen LogP contribution in [0.3, 0.4) is 0 Å². The van der Waals surface area contributed by atoms with Crippen molar-refractivity contribution in [3.63, 3.8) is 0 Å². The van der Waals surface area contributed by atoms with Crippen LogP contribution in [0.4, 0.5) is 20.5 Å². The van der Waals surface area contributed by atoms with Crippen LogP contribution in [0.15, 0.2) is 35.2 Å². The van der Waals surface area contributed by atoms with Crippen LogP contribution in [0, 0.1) is 11.6 Å². The van der Waals surface area contributed by atoms with E-state index in [0.29, 0.717) is 5.70 Å². The highest BCUT2D eigenvalue weighted by atomic mass is 35.5. The van der Waals surface area contributed by atoms with E-state index >= 15 is 0 Å². The summed E-state index contributed by atoms with van der Waals surface area (Å²) < 4.78 is 33.2. The van der Waals surface area contributed by atoms with Gasteiger partial charge in [-0.3, -0.25) is 9.79 Å². The van der Waals surface area contributed by atoms with E-state index in [0.717, 1.165) is 6.07 Å². The van der Waals surface area contributed by atoms with Crippen molar-refractivity contribution in [3.05, 3.63) is 52.4 Å². The predicted molar refractivity (Wildman–Crippen MR) is 120 cm³/mol. The average molecular weight is 468 g/mol. The first-order valence-electron chi connectivity index (χ1n) is 9.50. The maximum absolute atomic E-state index is 14.3. The van der Waals surface area contributed by atoms with Crippen LogP contribution in [0.1, 0.15) is 19.4 Å². The van der Waals surface area contributed by atoms with Gasteiger partial charge in [-0.05, 0) is 26.0 Å². The summed E-state index contributed by atoms with van der Waals surface area (Å²) in [6.45, 7) is 3.37. The molecule has 172 valence electrons. The summed E-state index contributed by atoms with van der Waals surface area (Å²) in [5.74, 6) is -1.66. The van der Waals surface area contributed by atoms with Crippen LogP contribution in [0.5, 0.6) is 5.75 Å². The molecule has 0 fully saturated rings. The van der Waals surface area contributed by atoms with Gasteiger partial charge in [0.1, 0.15) is 17.4 Å². The number of benzene rings is 1. The molecule has 0 saturated heterocycles. The van der Waals surface area contributed by atoms with Crippen LogP contribution in [0.2, 0.25) is 5.02 Å². The second kappa shape index (κ2) is 11.8. The van der Waals surface area contributed by atoms with Crippen LogP contribution in [0.25, 0.3) is 0 Å². The van der Waals surface area contributed by atoms with Gasteiger partial charge in [0.05, 0.1) is 19.0 Å². The van der Waals surface area contributed by atoms with E-state index in [1.54, 1.807) is 0 Å². The minimum absolute atomic E-state index is 0.00709. The van der Waals surface area contributed by atoms with Crippen molar-refractivity contribution in [3.8, 4) is 5.75 Å². The molecule has 1 aromatic carbocycles. The Morgan fingerprint density at radius 2 is 2.12 bits per heavy atom. The first-order valence-corrected chi connectivity index (χ1v) is 9.88. The molecule has 0 spiro atoms. The molecular weight excluding hydrogens is 444 g/mol. The van der Waals surface area contributed by atoms with E-state index < -0.39 is 11.6 Å². The number of aliphatic imine (C=N–C) groups is 1. The monoisotopic (exact) mass is 467 g/mol. The molecule has 12 heteroatoms. The normalized spacial score (nSPS) is 11.7. The van der Waals surface area contributed by atoms with Crippen LogP contribution in [-0.4, -0.2) is 41.8 Å². The molecule has 0 aliphatic heterocycles. The smallest absolute Gasteiger partial charge is 0.241 e. The molecule has 0 atom stereocenters. The highest BCUT2D eigenvalue weighted by molar-refractivity contribution is 6.32. The number of aromatic nitrogens is 2. The number of amides is 1. The van der Waals surface area contributed by atoms with Crippen molar-refractivity contribution in [1.29, 1.82) is 0 Å². The molecular formula is C20H24ClF2N7O2. The lowest BCUT2D eigenvalue weighted by molar-refractivity contribution is -0.120. The van der Waals surface area contributed by atoms with Gasteiger partial charge in [-0.25, -0.2) is 13.8 Å². The molecule has 32 heavy (non-hydrogen) atoms. The number of allylic oxidation sites excluding steroid dienone is 1. The molecule has 0 radical (unpaired) electrons. The predicted octanol–water partition coefficient (Wildman–Crippen LogP) is 2.84. The fourth-order valence-corrected chi connectivity index (χ4v) is 2.62. The van der Waals surface area contributed by atoms with Crippen molar-refractivity contribution >= 4 is 35.5 Å². The van der Waals surface area contributed by atoms with Crippen molar-refractivity contribution in [2.45, 2.75) is 26.4 Å². The number of hydrogen-bond donors (Lipinski definition) is 4. The Morgan fingerprint density at radius 1 is 1.38 bits per heavy atom. The zero-order valence-corrected chi connectivity index (χ0v) is 18.5. The standard InChI is InChI=1S/C20H24ClF2N7O2/c1-11(2)28-17(31)10-25-7-12(6-24)29-20-27-9-14(21)19(30-20)26-8-13-15(22)4-5-16(32-3)18(13)23/h4-7,9,11H,8,10,24H2,1-3H3,(H,28,31)(H2,26,27,29,30). The molecule has 5 N–H and O–H groups in total. The van der Waals surface area contributed by atoms with Gasteiger partial charge in [-0.15, -0.1) is 0 Å². The second-order valence-electron chi connectivity index (χ2n) is 6.72. The molecule has 0 aliphatic carbocycles. The third kappa shape index (κ3) is 7.05. The van der Waals surface area contributed by atoms with Gasteiger partial charge in [0.25, 0.3) is 0 Å². The molecule has 2 rings (SSSR count). The lowest BCUT2D eigenvalue weighted by atomic mass is 10.2. The Kier molecular flexibility index (Phi) is 9.14. The van der Waals surface area contributed by atoms with Gasteiger partial charge in [0, 0.05) is 30.6 Å². The van der Waals surface area contributed by atoms with E-state index in [1.807, 2.05) is 13.8 Å². The molecule has 0 unspecified atom stereocenters. The molecule has 1 amide bonds. The minimum atomic E-state index is -0.824. The second-order valence-corrected chi connectivity index (χ2v) is 7.13. The van der Waals surface area contributed by atoms with Crippen molar-refractivity contribution in [2.24, 2.45) is 10.7 Å². The average Bonchev–Trinajstić information content (AvgIpc) is 2.74. The number of methoxy groups -OCH3 is 1. The Balaban J connectivity index is 2.08. The summed E-state index contributed by atoms with van der Waals surface area (Å²) in [4.78, 5) is 23.8. The Labute approximate surface area is 189 Å². The number of anilines is 2. The van der Waals surface area contributed by atoms with Crippen LogP contribution < -0.4 is 26.4 Å². The quantitative estimate of drug-likeness (QED) is 0.396. The fraction of sp³-hybridized carbons (Fsp3) is 0.300. The van der Waals surface area contributed by atoms with Gasteiger partial charge in [0.15, 0.2) is 17.4 Å². The lowest BCUT2D eigenvalue weighted by Crippen LogP contribution is -2.31. The summed E-state index contributed by atoms with van der Waals surface area (Å²) in [6, 6.07) is 2.31. The SMILES string of the molecule is COc1ccc(F)c(CNc2nc(NC(C=NCC(=O)NC(C)C)=CN)ncc2Cl)c1F. The fourth-order valence-electron chi connectivity index (χ4n) is 2.46. The largest absolute Gasteiger partial charge is 0.494 e. The third-order valence-corrected chi connectivity index (χ3v) is 4.17. The number of nitrogens with one attached hydrogen (secondary N) is 3. The first-order chi connectivity index (χ1) is 15.2. The number of hydrogen-bond acceptors (Lipinski definition) is 8. The number of nitrogens with zero attached hydrogens (tertiary/aromatic N) is 3. The van der Waals surface area contributed by atoms with Crippen molar-refractivity contribution in [1.82, 2.24) is 15.3 Å². The highest BCUT2D eigenvalue weighted by Gasteiger charge is 2.15. The number of ether oxygens (including phenoxy) is 1. The van der Waals surface area contributed by atoms with Gasteiger partial charge < -0.3 is 26.4 Å². The molecule has 2 aromatic rings. The zero-order chi connectivity index (χ0) is 23.7. The summed E-state index contributed by atoms with van der Waals surface area (Å²) in [5.41, 5.74) is 5.66. The third-order valence-electron chi connectivity index (χ3n) is 3.90. The van der Waals surface area contributed by atoms with Gasteiger partial charge in [-0.1, -0.05) is 11.6 Å². The molecule has 1 heterocycles. The molecule has 1 aromatic heterocycles. The zero-order valence-electron chi connectivity index (χ0n) is 17.7. The summed E-state index contributed by atoms with van der Waals surface area (Å²) >= 11 is 6.09. The van der Waals surface area contributed by atoms with Crippen molar-refractivity contribution in [2.75, 3.05) is 24.3 Å². The summed E-state index contributed by atoms with van der Waals surface area (Å²) in [6.07, 6.45) is 3.88. The van der Waals surface area contributed by atoms with E-state index in [2.05, 4.69) is 30.9 Å². The van der Waals surface area contributed by atoms with Crippen LogP contribution in [-0.2, 0) is 11.3 Å². The Hall–Kier alpha value is -3.47. The number of carbonyl (C=O) groups excluding carboxylic acids is 1. The maximum atomic E-state index is 14.3. The topological polar surface area (TPSA) is 127 Å². The number of carbonyl (C=O) groups is 1. The highest BCUT2D eigenvalue weighted by Crippen LogP contribution is 2.25. The summed E-state index contributed by atoms with van der Waals surface area (Å²) in [7, 11) is 1.29. The van der Waals surface area contributed by atoms with Gasteiger partial charge >= 0.3 is 0 Å². The van der Waals surface area contributed by atoms with Gasteiger partial charge in [-0.2, -0.15) is 4.98 Å². The first kappa shape index (κ1) is 24.8. The molecule has 0 aliphatic rings. The number of nitrogens with two attached hydrogens (primary N) is 1. The van der Waals surface area contributed by atoms with Gasteiger partial charge in [0.2, 0.25) is 11.9 Å². The summed E-state index contributed by atoms with van der Waals surface area (Å²) in [5, 5.41) is 8.43. The van der Waals surface area contributed by atoms with E-state index in [9.17, 15) is 13.6 Å². The Bertz CT molecular complexity index is 1020.